The maximum atomic E-state index is 11.4. The molecule has 7 nitrogen and oxygen atoms in total. The van der Waals surface area contributed by atoms with Crippen LogP contribution in [-0.2, 0) is 9.59 Å². The average Bonchev–Trinajstić information content (AvgIpc) is 2.21. The summed E-state index contributed by atoms with van der Waals surface area (Å²) in [5, 5.41) is 22.7. The van der Waals surface area contributed by atoms with Crippen molar-refractivity contribution >= 4 is 24.2 Å². The van der Waals surface area contributed by atoms with Gasteiger partial charge in [-0.1, -0.05) is 0 Å². The highest BCUT2D eigenvalue weighted by molar-refractivity contribution is 5.98. The van der Waals surface area contributed by atoms with Gasteiger partial charge in [0.1, 0.15) is 12.1 Å². The van der Waals surface area contributed by atoms with Gasteiger partial charge in [0.15, 0.2) is 0 Å². The fraction of sp³-hybridized carbons (Fsp3) is 0.500. The molecule has 0 spiro atoms. The van der Waals surface area contributed by atoms with Gasteiger partial charge >= 0.3 is 0 Å². The van der Waals surface area contributed by atoms with Gasteiger partial charge in [0, 0.05) is 19.1 Å². The van der Waals surface area contributed by atoms with Crippen LogP contribution >= 0.6 is 0 Å². The predicted molar refractivity (Wildman–Crippen MR) is 52.2 cm³/mol. The first-order valence-electron chi connectivity index (χ1n) is 4.44. The summed E-state index contributed by atoms with van der Waals surface area (Å²) in [4.78, 5) is 22.8. The Kier molecular flexibility index (Phi) is 3.78. The lowest BCUT2D eigenvalue weighted by Crippen LogP contribution is -2.61. The van der Waals surface area contributed by atoms with Crippen molar-refractivity contribution in [2.75, 3.05) is 0 Å². The molecule has 0 aromatic heterocycles. The second kappa shape index (κ2) is 5.08. The summed E-state index contributed by atoms with van der Waals surface area (Å²) in [5.41, 5.74) is 0. The van der Waals surface area contributed by atoms with E-state index in [-0.39, 0.29) is 24.7 Å². The summed E-state index contributed by atoms with van der Waals surface area (Å²) in [5.74, 6) is -0.657. The van der Waals surface area contributed by atoms with Gasteiger partial charge in [-0.2, -0.15) is 0 Å². The standard InChI is InChI=1S/C8H12N4O3/c9-3-1-5-7(13)12-6(2-4-10-15)8(14)11-5/h3-6,9,15H,1-2H2,(H,11,14)(H,12,13)/b9-3?,10-4+. The number of rotatable bonds is 4. The first-order chi connectivity index (χ1) is 7.19. The van der Waals surface area contributed by atoms with E-state index in [9.17, 15) is 9.59 Å². The second-order valence-corrected chi connectivity index (χ2v) is 3.10. The van der Waals surface area contributed by atoms with E-state index < -0.39 is 12.1 Å². The van der Waals surface area contributed by atoms with Crippen LogP contribution in [0.1, 0.15) is 12.8 Å². The molecule has 0 aromatic carbocycles. The zero-order valence-corrected chi connectivity index (χ0v) is 7.93. The highest BCUT2D eigenvalue weighted by Crippen LogP contribution is 2.02. The zero-order valence-electron chi connectivity index (χ0n) is 7.93. The molecule has 1 fully saturated rings. The highest BCUT2D eigenvalue weighted by atomic mass is 16.4. The molecule has 4 N–H and O–H groups in total. The van der Waals surface area contributed by atoms with Crippen molar-refractivity contribution < 1.29 is 14.8 Å². The minimum Gasteiger partial charge on any atom is -0.411 e. The Morgan fingerprint density at radius 3 is 2.27 bits per heavy atom. The number of amides is 2. The van der Waals surface area contributed by atoms with Crippen molar-refractivity contribution in [1.82, 2.24) is 10.6 Å². The Morgan fingerprint density at radius 2 is 1.80 bits per heavy atom. The largest absolute Gasteiger partial charge is 0.411 e. The third kappa shape index (κ3) is 2.76. The summed E-state index contributed by atoms with van der Waals surface area (Å²) in [6, 6.07) is -1.37. The van der Waals surface area contributed by atoms with Crippen molar-refractivity contribution in [1.29, 1.82) is 5.41 Å². The molecule has 1 heterocycles. The molecule has 2 atom stereocenters. The van der Waals surface area contributed by atoms with Crippen LogP contribution in [0.2, 0.25) is 0 Å². The van der Waals surface area contributed by atoms with Gasteiger partial charge in [0.2, 0.25) is 11.8 Å². The van der Waals surface area contributed by atoms with Crippen molar-refractivity contribution in [3.05, 3.63) is 0 Å². The minimum absolute atomic E-state index is 0.144. The van der Waals surface area contributed by atoms with Gasteiger partial charge in [-0.25, -0.2) is 0 Å². The number of carbonyl (C=O) groups is 2. The lowest BCUT2D eigenvalue weighted by molar-refractivity contribution is -0.136. The lowest BCUT2D eigenvalue weighted by atomic mass is 10.1. The van der Waals surface area contributed by atoms with E-state index in [0.717, 1.165) is 12.4 Å². The van der Waals surface area contributed by atoms with Crippen LogP contribution < -0.4 is 10.6 Å². The first kappa shape index (κ1) is 11.2. The Hall–Kier alpha value is -1.92. The van der Waals surface area contributed by atoms with Gasteiger partial charge in [0.05, 0.1) is 0 Å². The van der Waals surface area contributed by atoms with Crippen molar-refractivity contribution in [3.8, 4) is 0 Å². The summed E-state index contributed by atoms with van der Waals surface area (Å²) in [6.07, 6.45) is 2.53. The van der Waals surface area contributed by atoms with E-state index in [0.29, 0.717) is 0 Å². The normalized spacial score (nSPS) is 26.1. The molecule has 1 aliphatic rings. The molecular weight excluding hydrogens is 200 g/mol. The summed E-state index contributed by atoms with van der Waals surface area (Å²) < 4.78 is 0. The van der Waals surface area contributed by atoms with E-state index >= 15 is 0 Å². The molecule has 0 radical (unpaired) electrons. The van der Waals surface area contributed by atoms with Crippen LogP contribution in [0.5, 0.6) is 0 Å². The molecule has 1 aliphatic heterocycles. The molecule has 1 saturated heterocycles. The smallest absolute Gasteiger partial charge is 0.243 e. The summed E-state index contributed by atoms with van der Waals surface area (Å²) in [7, 11) is 0. The molecule has 0 aliphatic carbocycles. The Bertz CT molecular complexity index is 302. The maximum Gasteiger partial charge on any atom is 0.243 e. The Balaban J connectivity index is 2.58. The van der Waals surface area contributed by atoms with Crippen LogP contribution in [-0.4, -0.2) is 41.5 Å². The molecule has 0 bridgehead atoms. The molecule has 7 heteroatoms. The maximum absolute atomic E-state index is 11.4. The third-order valence-corrected chi connectivity index (χ3v) is 2.04. The molecule has 0 aromatic rings. The number of hydrogen-bond acceptors (Lipinski definition) is 5. The number of oxime groups is 1. The Labute approximate surface area is 86.0 Å². The minimum atomic E-state index is -0.699. The Morgan fingerprint density at radius 1 is 1.27 bits per heavy atom. The topological polar surface area (TPSA) is 115 Å². The predicted octanol–water partition coefficient (Wildman–Crippen LogP) is -1.14. The van der Waals surface area contributed by atoms with Crippen LogP contribution in [0.4, 0.5) is 0 Å². The van der Waals surface area contributed by atoms with Crippen LogP contribution in [0, 0.1) is 5.41 Å². The van der Waals surface area contributed by atoms with Crippen LogP contribution in [0.15, 0.2) is 5.16 Å². The quantitative estimate of drug-likeness (QED) is 0.268. The molecular formula is C8H12N4O3. The molecule has 0 saturated carbocycles. The SMILES string of the molecule is N=CCC1NC(=O)C(C/C=N/O)NC1=O. The monoisotopic (exact) mass is 212 g/mol. The van der Waals surface area contributed by atoms with Crippen molar-refractivity contribution in [2.45, 2.75) is 24.9 Å². The summed E-state index contributed by atoms with van der Waals surface area (Å²) in [6.45, 7) is 0. The van der Waals surface area contributed by atoms with Crippen LogP contribution in [0.3, 0.4) is 0 Å². The van der Waals surface area contributed by atoms with Crippen molar-refractivity contribution in [3.63, 3.8) is 0 Å². The van der Waals surface area contributed by atoms with E-state index in [1.807, 2.05) is 0 Å². The van der Waals surface area contributed by atoms with Gasteiger partial charge in [0.25, 0.3) is 0 Å². The number of nitrogens with zero attached hydrogens (tertiary/aromatic N) is 1. The number of hydrogen-bond donors (Lipinski definition) is 4. The van der Waals surface area contributed by atoms with E-state index in [1.54, 1.807) is 0 Å². The third-order valence-electron chi connectivity index (χ3n) is 2.04. The second-order valence-electron chi connectivity index (χ2n) is 3.10. The van der Waals surface area contributed by atoms with Gasteiger partial charge in [-0.3, -0.25) is 9.59 Å². The van der Waals surface area contributed by atoms with Gasteiger partial charge < -0.3 is 21.3 Å². The molecule has 82 valence electrons. The van der Waals surface area contributed by atoms with Gasteiger partial charge in [-0.15, -0.1) is 5.16 Å². The van der Waals surface area contributed by atoms with E-state index in [2.05, 4.69) is 15.8 Å². The number of nitrogens with one attached hydrogen (secondary N) is 3. The van der Waals surface area contributed by atoms with Gasteiger partial charge in [-0.05, 0) is 6.21 Å². The fourth-order valence-electron chi connectivity index (χ4n) is 1.28. The number of carbonyl (C=O) groups excluding carboxylic acids is 2. The zero-order chi connectivity index (χ0) is 11.3. The molecule has 2 amide bonds. The average molecular weight is 212 g/mol. The fourth-order valence-corrected chi connectivity index (χ4v) is 1.28. The van der Waals surface area contributed by atoms with Crippen molar-refractivity contribution in [2.24, 2.45) is 5.16 Å². The lowest BCUT2D eigenvalue weighted by Gasteiger charge is -2.27. The first-order valence-corrected chi connectivity index (χ1v) is 4.44. The summed E-state index contributed by atoms with van der Waals surface area (Å²) >= 11 is 0. The van der Waals surface area contributed by atoms with E-state index in [4.69, 9.17) is 10.6 Å². The molecule has 15 heavy (non-hydrogen) atoms. The highest BCUT2D eigenvalue weighted by Gasteiger charge is 2.32. The number of piperazine rings is 1. The van der Waals surface area contributed by atoms with E-state index in [1.165, 1.54) is 0 Å². The molecule has 2 unspecified atom stereocenters. The molecule has 1 rings (SSSR count). The van der Waals surface area contributed by atoms with Crippen LogP contribution in [0.25, 0.3) is 0 Å².